The lowest BCUT2D eigenvalue weighted by atomic mass is 10.1. The molecule has 1 saturated heterocycles. The number of amidine groups is 1. The van der Waals surface area contributed by atoms with Gasteiger partial charge in [0.2, 0.25) is 11.8 Å². The summed E-state index contributed by atoms with van der Waals surface area (Å²) in [6, 6.07) is 10.6. The van der Waals surface area contributed by atoms with Gasteiger partial charge in [0.05, 0.1) is 16.9 Å². The van der Waals surface area contributed by atoms with E-state index in [1.165, 1.54) is 30.0 Å². The Labute approximate surface area is 195 Å². The lowest BCUT2D eigenvalue weighted by Crippen LogP contribution is -2.36. The van der Waals surface area contributed by atoms with Crippen LogP contribution in [-0.2, 0) is 15.8 Å². The number of anilines is 1. The summed E-state index contributed by atoms with van der Waals surface area (Å²) in [5, 5.41) is 2.05. The summed E-state index contributed by atoms with van der Waals surface area (Å²) >= 11 is 1.17. The van der Waals surface area contributed by atoms with Crippen molar-refractivity contribution in [3.8, 4) is 0 Å². The van der Waals surface area contributed by atoms with Crippen molar-refractivity contribution in [3.63, 3.8) is 0 Å². The molecule has 2 aromatic rings. The standard InChI is InChI=1S/C24H26F3N3O2S/c1-14(2)13-30-22(32)20(33-23(30)28-17-10-15(3)9-16(4)11-17)12-21(31)29-19-8-6-5-7-18(19)24(25,26)27/h5-11,14,20H,12-13H2,1-4H3,(H,29,31). The fourth-order valence-electron chi connectivity index (χ4n) is 3.59. The Bertz CT molecular complexity index is 1060. The van der Waals surface area contributed by atoms with Gasteiger partial charge in [-0.1, -0.05) is 43.8 Å². The second-order valence-electron chi connectivity index (χ2n) is 8.49. The Kier molecular flexibility index (Phi) is 7.51. The lowest BCUT2D eigenvalue weighted by molar-refractivity contribution is -0.137. The fourth-order valence-corrected chi connectivity index (χ4v) is 4.76. The molecule has 0 aliphatic carbocycles. The van der Waals surface area contributed by atoms with Gasteiger partial charge >= 0.3 is 6.18 Å². The van der Waals surface area contributed by atoms with Gasteiger partial charge in [-0.3, -0.25) is 14.5 Å². The average Bonchev–Trinajstić information content (AvgIpc) is 2.95. The third-order valence-electron chi connectivity index (χ3n) is 4.88. The third kappa shape index (κ3) is 6.37. The summed E-state index contributed by atoms with van der Waals surface area (Å²) in [6.45, 7) is 8.30. The maximum absolute atomic E-state index is 13.2. The van der Waals surface area contributed by atoms with Crippen molar-refractivity contribution in [2.45, 2.75) is 45.5 Å². The predicted octanol–water partition coefficient (Wildman–Crippen LogP) is 5.94. The number of carbonyl (C=O) groups is 2. The number of aryl methyl sites for hydroxylation is 2. The molecule has 2 amide bonds. The van der Waals surface area contributed by atoms with Crippen LogP contribution in [0.5, 0.6) is 0 Å². The van der Waals surface area contributed by atoms with E-state index >= 15 is 0 Å². The Morgan fingerprint density at radius 1 is 1.15 bits per heavy atom. The van der Waals surface area contributed by atoms with E-state index < -0.39 is 22.9 Å². The van der Waals surface area contributed by atoms with E-state index in [0.29, 0.717) is 17.4 Å². The molecule has 1 heterocycles. The van der Waals surface area contributed by atoms with Gasteiger partial charge in [-0.25, -0.2) is 4.99 Å². The number of para-hydroxylation sites is 1. The molecule has 0 spiro atoms. The molecule has 1 atom stereocenters. The minimum absolute atomic E-state index is 0.172. The number of hydrogen-bond donors (Lipinski definition) is 1. The highest BCUT2D eigenvalue weighted by Crippen LogP contribution is 2.36. The highest BCUT2D eigenvalue weighted by molar-refractivity contribution is 8.15. The van der Waals surface area contributed by atoms with Crippen LogP contribution in [0.1, 0.15) is 37.0 Å². The molecule has 0 radical (unpaired) electrons. The lowest BCUT2D eigenvalue weighted by Gasteiger charge is -2.19. The topological polar surface area (TPSA) is 61.8 Å². The minimum Gasteiger partial charge on any atom is -0.325 e. The number of halogens is 3. The Balaban J connectivity index is 1.81. The molecule has 0 aromatic heterocycles. The van der Waals surface area contributed by atoms with Crippen molar-refractivity contribution in [3.05, 3.63) is 59.2 Å². The molecule has 176 valence electrons. The summed E-state index contributed by atoms with van der Waals surface area (Å²) in [6.07, 6.45) is -4.85. The van der Waals surface area contributed by atoms with Crippen LogP contribution < -0.4 is 5.32 Å². The van der Waals surface area contributed by atoms with Crippen LogP contribution in [0.2, 0.25) is 0 Å². The number of thioether (sulfide) groups is 1. The first-order valence-corrected chi connectivity index (χ1v) is 11.4. The SMILES string of the molecule is Cc1cc(C)cc(N=C2SC(CC(=O)Nc3ccccc3C(F)(F)F)C(=O)N2CC(C)C)c1. The van der Waals surface area contributed by atoms with Crippen LogP contribution >= 0.6 is 11.8 Å². The van der Waals surface area contributed by atoms with Gasteiger partial charge < -0.3 is 5.32 Å². The zero-order valence-electron chi connectivity index (χ0n) is 18.9. The molecule has 5 nitrogen and oxygen atoms in total. The van der Waals surface area contributed by atoms with E-state index in [4.69, 9.17) is 0 Å². The molecule has 1 aliphatic rings. The van der Waals surface area contributed by atoms with E-state index in [1.54, 1.807) is 4.90 Å². The molecule has 0 saturated carbocycles. The predicted molar refractivity (Wildman–Crippen MR) is 126 cm³/mol. The number of nitrogens with one attached hydrogen (secondary N) is 1. The van der Waals surface area contributed by atoms with E-state index in [9.17, 15) is 22.8 Å². The van der Waals surface area contributed by atoms with E-state index in [0.717, 1.165) is 17.2 Å². The second kappa shape index (κ2) is 9.99. The van der Waals surface area contributed by atoms with Gasteiger partial charge in [0, 0.05) is 13.0 Å². The van der Waals surface area contributed by atoms with Gasteiger partial charge in [-0.15, -0.1) is 0 Å². The Hall–Kier alpha value is -2.81. The molecule has 1 N–H and O–H groups in total. The highest BCUT2D eigenvalue weighted by Gasteiger charge is 2.40. The quantitative estimate of drug-likeness (QED) is 0.560. The van der Waals surface area contributed by atoms with Crippen LogP contribution in [0.15, 0.2) is 47.5 Å². The number of hydrogen-bond acceptors (Lipinski definition) is 4. The molecule has 1 fully saturated rings. The molecular weight excluding hydrogens is 451 g/mol. The Morgan fingerprint density at radius 3 is 2.39 bits per heavy atom. The van der Waals surface area contributed by atoms with Crippen molar-refractivity contribution in [1.29, 1.82) is 0 Å². The normalized spacial score (nSPS) is 17.8. The average molecular weight is 478 g/mol. The van der Waals surface area contributed by atoms with Crippen molar-refractivity contribution >= 4 is 40.1 Å². The Morgan fingerprint density at radius 2 is 1.79 bits per heavy atom. The maximum atomic E-state index is 13.2. The first kappa shape index (κ1) is 24.8. The summed E-state index contributed by atoms with van der Waals surface area (Å²) in [7, 11) is 0. The minimum atomic E-state index is -4.60. The monoisotopic (exact) mass is 477 g/mol. The van der Waals surface area contributed by atoms with E-state index in [-0.39, 0.29) is 23.9 Å². The molecule has 1 unspecified atom stereocenters. The molecule has 33 heavy (non-hydrogen) atoms. The summed E-state index contributed by atoms with van der Waals surface area (Å²) in [5.74, 6) is -0.754. The van der Waals surface area contributed by atoms with Gasteiger partial charge in [-0.05, 0) is 55.2 Å². The number of nitrogens with zero attached hydrogens (tertiary/aromatic N) is 2. The summed E-state index contributed by atoms with van der Waals surface area (Å²) < 4.78 is 39.7. The number of rotatable bonds is 6. The molecule has 2 aromatic carbocycles. The number of aliphatic imine (C=N–C) groups is 1. The van der Waals surface area contributed by atoms with Crippen molar-refractivity contribution in [2.75, 3.05) is 11.9 Å². The maximum Gasteiger partial charge on any atom is 0.418 e. The summed E-state index contributed by atoms with van der Waals surface area (Å²) in [4.78, 5) is 31.8. The molecule has 0 bridgehead atoms. The zero-order valence-corrected chi connectivity index (χ0v) is 19.7. The number of amides is 2. The smallest absolute Gasteiger partial charge is 0.325 e. The fraction of sp³-hybridized carbons (Fsp3) is 0.375. The van der Waals surface area contributed by atoms with Gasteiger partial charge in [-0.2, -0.15) is 13.2 Å². The van der Waals surface area contributed by atoms with Crippen LogP contribution in [-0.4, -0.2) is 33.7 Å². The van der Waals surface area contributed by atoms with Crippen molar-refractivity contribution in [2.24, 2.45) is 10.9 Å². The number of carbonyl (C=O) groups excluding carboxylic acids is 2. The molecule has 1 aliphatic heterocycles. The summed E-state index contributed by atoms with van der Waals surface area (Å²) in [5.41, 5.74) is 1.54. The largest absolute Gasteiger partial charge is 0.418 e. The van der Waals surface area contributed by atoms with Gasteiger partial charge in [0.15, 0.2) is 5.17 Å². The van der Waals surface area contributed by atoms with E-state index in [2.05, 4.69) is 10.3 Å². The zero-order chi connectivity index (χ0) is 24.3. The van der Waals surface area contributed by atoms with Crippen LogP contribution in [0.3, 0.4) is 0 Å². The van der Waals surface area contributed by atoms with Crippen LogP contribution in [0.4, 0.5) is 24.5 Å². The van der Waals surface area contributed by atoms with Crippen molar-refractivity contribution < 1.29 is 22.8 Å². The van der Waals surface area contributed by atoms with Crippen molar-refractivity contribution in [1.82, 2.24) is 4.90 Å². The van der Waals surface area contributed by atoms with Crippen LogP contribution in [0.25, 0.3) is 0 Å². The van der Waals surface area contributed by atoms with Gasteiger partial charge in [0.1, 0.15) is 5.25 Å². The van der Waals surface area contributed by atoms with Gasteiger partial charge in [0.25, 0.3) is 0 Å². The third-order valence-corrected chi connectivity index (χ3v) is 6.05. The first-order chi connectivity index (χ1) is 15.4. The second-order valence-corrected chi connectivity index (χ2v) is 9.66. The molecule has 3 rings (SSSR count). The first-order valence-electron chi connectivity index (χ1n) is 10.5. The number of alkyl halides is 3. The highest BCUT2D eigenvalue weighted by atomic mass is 32.2. The van der Waals surface area contributed by atoms with Crippen LogP contribution in [0, 0.1) is 19.8 Å². The number of benzene rings is 2. The van der Waals surface area contributed by atoms with E-state index in [1.807, 2.05) is 45.9 Å². The molecule has 9 heteroatoms. The molecular formula is C24H26F3N3O2S.